The second kappa shape index (κ2) is 6.37. The van der Waals surface area contributed by atoms with E-state index in [1.807, 2.05) is 30.3 Å². The van der Waals surface area contributed by atoms with Gasteiger partial charge in [-0.3, -0.25) is 4.79 Å². The fourth-order valence-electron chi connectivity index (χ4n) is 2.08. The normalized spacial score (nSPS) is 13.0. The molecular weight excluding hydrogens is 310 g/mol. The summed E-state index contributed by atoms with van der Waals surface area (Å²) in [7, 11) is 0. The van der Waals surface area contributed by atoms with Crippen LogP contribution in [0.25, 0.3) is 0 Å². The van der Waals surface area contributed by atoms with Gasteiger partial charge in [0, 0.05) is 4.88 Å². The van der Waals surface area contributed by atoms with Crippen LogP contribution in [-0.4, -0.2) is 19.1 Å². The van der Waals surface area contributed by atoms with Crippen LogP contribution in [0, 0.1) is 0 Å². The van der Waals surface area contributed by atoms with E-state index in [2.05, 4.69) is 5.32 Å². The SMILES string of the molecule is O=C(Cc1ccc2c(c1)OCCO2)NCc1ccc(Cl)s1. The van der Waals surface area contributed by atoms with Crippen LogP contribution in [0.4, 0.5) is 0 Å². The van der Waals surface area contributed by atoms with Gasteiger partial charge in [-0.05, 0) is 29.8 Å². The zero-order valence-electron chi connectivity index (χ0n) is 11.2. The minimum absolute atomic E-state index is 0.0313. The first-order valence-corrected chi connectivity index (χ1v) is 7.79. The lowest BCUT2D eigenvalue weighted by molar-refractivity contribution is -0.120. The number of hydrogen-bond donors (Lipinski definition) is 1. The van der Waals surface area contributed by atoms with Crippen molar-refractivity contribution in [1.82, 2.24) is 5.32 Å². The molecule has 1 aromatic carbocycles. The van der Waals surface area contributed by atoms with Crippen molar-refractivity contribution in [3.05, 3.63) is 45.1 Å². The lowest BCUT2D eigenvalue weighted by Gasteiger charge is -2.18. The molecule has 3 rings (SSSR count). The van der Waals surface area contributed by atoms with Gasteiger partial charge in [-0.2, -0.15) is 0 Å². The van der Waals surface area contributed by atoms with Crippen molar-refractivity contribution >= 4 is 28.8 Å². The monoisotopic (exact) mass is 323 g/mol. The van der Waals surface area contributed by atoms with Crippen LogP contribution < -0.4 is 14.8 Å². The van der Waals surface area contributed by atoms with Gasteiger partial charge in [0.25, 0.3) is 0 Å². The highest BCUT2D eigenvalue weighted by atomic mass is 35.5. The molecule has 110 valence electrons. The molecule has 2 aromatic rings. The molecule has 2 heterocycles. The predicted octanol–water partition coefficient (Wildman–Crippen LogP) is 3.03. The first kappa shape index (κ1) is 14.2. The lowest BCUT2D eigenvalue weighted by Crippen LogP contribution is -2.24. The number of ether oxygens (including phenoxy) is 2. The highest BCUT2D eigenvalue weighted by Gasteiger charge is 2.13. The van der Waals surface area contributed by atoms with E-state index in [4.69, 9.17) is 21.1 Å². The largest absolute Gasteiger partial charge is 0.486 e. The minimum Gasteiger partial charge on any atom is -0.486 e. The number of carbonyl (C=O) groups is 1. The van der Waals surface area contributed by atoms with E-state index in [0.717, 1.165) is 20.5 Å². The fraction of sp³-hybridized carbons (Fsp3) is 0.267. The van der Waals surface area contributed by atoms with E-state index in [1.54, 1.807) is 0 Å². The predicted molar refractivity (Wildman–Crippen MR) is 82.3 cm³/mol. The lowest BCUT2D eigenvalue weighted by atomic mass is 10.1. The number of fused-ring (bicyclic) bond motifs is 1. The van der Waals surface area contributed by atoms with Crippen molar-refractivity contribution in [3.63, 3.8) is 0 Å². The molecule has 0 saturated carbocycles. The van der Waals surface area contributed by atoms with Gasteiger partial charge in [-0.25, -0.2) is 0 Å². The van der Waals surface area contributed by atoms with Crippen molar-refractivity contribution in [3.8, 4) is 11.5 Å². The first-order chi connectivity index (χ1) is 10.2. The molecule has 1 aliphatic rings. The Hall–Kier alpha value is -1.72. The average molecular weight is 324 g/mol. The molecule has 1 aliphatic heterocycles. The molecule has 0 aliphatic carbocycles. The van der Waals surface area contributed by atoms with Crippen molar-refractivity contribution in [1.29, 1.82) is 0 Å². The number of nitrogens with one attached hydrogen (secondary N) is 1. The Kier molecular flexibility index (Phi) is 4.31. The number of rotatable bonds is 4. The number of carbonyl (C=O) groups excluding carboxylic acids is 1. The summed E-state index contributed by atoms with van der Waals surface area (Å²) in [5.74, 6) is 1.41. The first-order valence-electron chi connectivity index (χ1n) is 6.60. The van der Waals surface area contributed by atoms with Crippen molar-refractivity contribution in [2.45, 2.75) is 13.0 Å². The van der Waals surface area contributed by atoms with Crippen LogP contribution in [0.1, 0.15) is 10.4 Å². The van der Waals surface area contributed by atoms with Crippen LogP contribution in [0.2, 0.25) is 4.34 Å². The minimum atomic E-state index is -0.0313. The van der Waals surface area contributed by atoms with Crippen molar-refractivity contribution in [2.75, 3.05) is 13.2 Å². The van der Waals surface area contributed by atoms with E-state index in [-0.39, 0.29) is 5.91 Å². The van der Waals surface area contributed by atoms with Gasteiger partial charge in [0.15, 0.2) is 11.5 Å². The summed E-state index contributed by atoms with van der Waals surface area (Å²) in [6.07, 6.45) is 0.315. The van der Waals surface area contributed by atoms with E-state index < -0.39 is 0 Å². The quantitative estimate of drug-likeness (QED) is 0.940. The van der Waals surface area contributed by atoms with Crippen molar-refractivity contribution in [2.24, 2.45) is 0 Å². The Morgan fingerprint density at radius 2 is 2.00 bits per heavy atom. The summed E-state index contributed by atoms with van der Waals surface area (Å²) >= 11 is 7.32. The molecule has 4 nitrogen and oxygen atoms in total. The standard InChI is InChI=1S/C15H14ClNO3S/c16-14-4-2-11(21-14)9-17-15(18)8-10-1-3-12-13(7-10)20-6-5-19-12/h1-4,7H,5-6,8-9H2,(H,17,18). The highest BCUT2D eigenvalue weighted by Crippen LogP contribution is 2.30. The Morgan fingerprint density at radius 3 is 2.76 bits per heavy atom. The van der Waals surface area contributed by atoms with E-state index >= 15 is 0 Å². The Balaban J connectivity index is 1.57. The zero-order chi connectivity index (χ0) is 14.7. The van der Waals surface area contributed by atoms with E-state index in [0.29, 0.717) is 31.9 Å². The number of amides is 1. The summed E-state index contributed by atoms with van der Waals surface area (Å²) in [6.45, 7) is 1.61. The topological polar surface area (TPSA) is 47.6 Å². The summed E-state index contributed by atoms with van der Waals surface area (Å²) in [5, 5.41) is 2.88. The van der Waals surface area contributed by atoms with Gasteiger partial charge in [0.05, 0.1) is 17.3 Å². The molecule has 21 heavy (non-hydrogen) atoms. The maximum Gasteiger partial charge on any atom is 0.224 e. The molecule has 6 heteroatoms. The van der Waals surface area contributed by atoms with E-state index in [1.165, 1.54) is 11.3 Å². The highest BCUT2D eigenvalue weighted by molar-refractivity contribution is 7.16. The van der Waals surface area contributed by atoms with Gasteiger partial charge in [-0.1, -0.05) is 17.7 Å². The van der Waals surface area contributed by atoms with Crippen LogP contribution in [0.5, 0.6) is 11.5 Å². The number of halogens is 1. The van der Waals surface area contributed by atoms with Gasteiger partial charge in [-0.15, -0.1) is 11.3 Å². The molecule has 0 atom stereocenters. The Labute approximate surface area is 131 Å². The van der Waals surface area contributed by atoms with Crippen LogP contribution in [-0.2, 0) is 17.8 Å². The second-order valence-electron chi connectivity index (χ2n) is 4.64. The van der Waals surface area contributed by atoms with Crippen LogP contribution >= 0.6 is 22.9 Å². The summed E-state index contributed by atoms with van der Waals surface area (Å²) in [6, 6.07) is 9.33. The number of thiophene rings is 1. The molecule has 0 fully saturated rings. The molecule has 0 unspecified atom stereocenters. The van der Waals surface area contributed by atoms with Gasteiger partial charge in [0.2, 0.25) is 5.91 Å². The van der Waals surface area contributed by atoms with Gasteiger partial charge in [0.1, 0.15) is 13.2 Å². The third-order valence-corrected chi connectivity index (χ3v) is 4.29. The van der Waals surface area contributed by atoms with E-state index in [9.17, 15) is 4.79 Å². The molecule has 0 bridgehead atoms. The number of benzene rings is 1. The smallest absolute Gasteiger partial charge is 0.224 e. The summed E-state index contributed by atoms with van der Waals surface area (Å²) < 4.78 is 11.7. The van der Waals surface area contributed by atoms with Gasteiger partial charge >= 0.3 is 0 Å². The van der Waals surface area contributed by atoms with Gasteiger partial charge < -0.3 is 14.8 Å². The summed E-state index contributed by atoms with van der Waals surface area (Å²) in [5.41, 5.74) is 0.904. The molecular formula is C15H14ClNO3S. The van der Waals surface area contributed by atoms with Crippen LogP contribution in [0.15, 0.2) is 30.3 Å². The molecule has 1 amide bonds. The maximum atomic E-state index is 11.9. The summed E-state index contributed by atoms with van der Waals surface area (Å²) in [4.78, 5) is 13.0. The van der Waals surface area contributed by atoms with Crippen LogP contribution in [0.3, 0.4) is 0 Å². The Morgan fingerprint density at radius 1 is 1.19 bits per heavy atom. The maximum absolute atomic E-state index is 11.9. The third-order valence-electron chi connectivity index (χ3n) is 3.06. The second-order valence-corrected chi connectivity index (χ2v) is 6.44. The molecule has 1 aromatic heterocycles. The van der Waals surface area contributed by atoms with Crippen molar-refractivity contribution < 1.29 is 14.3 Å². The molecule has 0 saturated heterocycles. The molecule has 1 N–H and O–H groups in total. The Bertz CT molecular complexity index is 656. The third kappa shape index (κ3) is 3.68. The zero-order valence-corrected chi connectivity index (χ0v) is 12.8. The molecule has 0 radical (unpaired) electrons. The fourth-order valence-corrected chi connectivity index (χ4v) is 3.11. The molecule has 0 spiro atoms. The number of hydrogen-bond acceptors (Lipinski definition) is 4. The average Bonchev–Trinajstić information content (AvgIpc) is 2.91.